The van der Waals surface area contributed by atoms with Crippen LogP contribution in [0.2, 0.25) is 5.02 Å². The molecule has 1 aromatic heterocycles. The van der Waals surface area contributed by atoms with E-state index in [1.165, 1.54) is 0 Å². The Kier molecular flexibility index (Phi) is 7.62. The van der Waals surface area contributed by atoms with Crippen molar-refractivity contribution in [2.75, 3.05) is 26.2 Å². The van der Waals surface area contributed by atoms with Crippen molar-refractivity contribution in [1.82, 2.24) is 20.7 Å². The maximum atomic E-state index is 11.3. The summed E-state index contributed by atoms with van der Waals surface area (Å²) in [6.07, 6.45) is 5.83. The number of rotatable bonds is 7. The number of hydroxylamine groups is 1. The standard InChI is InChI=1S/C30H31ClN4O5/c31-22-10-8-21(9-11-22)30(37)12-16-35(17-13-30)15-3-4-20-18-24-25(38-19-27-33-29(36)40-34-27)6-1-7-26(24)39-28-23(20)5-2-14-32-28/h1-2,4-11,14,27,34,37H,3,12-13,15-19H2,(H,33,36). The summed E-state index contributed by atoms with van der Waals surface area (Å²) in [5, 5.41) is 14.5. The number of aliphatic hydroxyl groups is 1. The van der Waals surface area contributed by atoms with Crippen molar-refractivity contribution < 1.29 is 24.2 Å². The summed E-state index contributed by atoms with van der Waals surface area (Å²) in [5.41, 5.74) is 5.71. The Morgan fingerprint density at radius 1 is 1.15 bits per heavy atom. The first-order chi connectivity index (χ1) is 19.5. The number of halogens is 1. The van der Waals surface area contributed by atoms with Crippen molar-refractivity contribution in [2.45, 2.75) is 37.5 Å². The molecule has 40 heavy (non-hydrogen) atoms. The van der Waals surface area contributed by atoms with Gasteiger partial charge in [0.15, 0.2) is 6.17 Å². The topological polar surface area (TPSA) is 105 Å². The van der Waals surface area contributed by atoms with E-state index < -0.39 is 17.9 Å². The first-order valence-electron chi connectivity index (χ1n) is 13.5. The van der Waals surface area contributed by atoms with Gasteiger partial charge in [-0.1, -0.05) is 35.9 Å². The molecule has 0 spiro atoms. The zero-order valence-corrected chi connectivity index (χ0v) is 22.7. The van der Waals surface area contributed by atoms with E-state index in [0.717, 1.165) is 48.3 Å². The zero-order chi connectivity index (χ0) is 27.5. The van der Waals surface area contributed by atoms with Gasteiger partial charge in [-0.25, -0.2) is 9.78 Å². The molecule has 3 aliphatic heterocycles. The predicted molar refractivity (Wildman–Crippen MR) is 150 cm³/mol. The number of likely N-dealkylation sites (tertiary alicyclic amines) is 1. The first-order valence-corrected chi connectivity index (χ1v) is 13.9. The minimum Gasteiger partial charge on any atom is -0.489 e. The number of aromatic nitrogens is 1. The van der Waals surface area contributed by atoms with E-state index in [4.69, 9.17) is 25.9 Å². The Bertz CT molecular complexity index is 1410. The molecule has 0 bridgehead atoms. The molecule has 2 saturated heterocycles. The number of nitrogens with zero attached hydrogens (tertiary/aromatic N) is 2. The van der Waals surface area contributed by atoms with Gasteiger partial charge in [0.25, 0.3) is 0 Å². The molecule has 1 amide bonds. The van der Waals surface area contributed by atoms with Gasteiger partial charge in [-0.2, -0.15) is 0 Å². The molecular formula is C30H31ClN4O5. The molecule has 1 atom stereocenters. The molecule has 3 aromatic rings. The molecule has 208 valence electrons. The number of fused-ring (bicyclic) bond motifs is 2. The third kappa shape index (κ3) is 5.78. The number of carbonyl (C=O) groups is 1. The third-order valence-electron chi connectivity index (χ3n) is 7.67. The van der Waals surface area contributed by atoms with Gasteiger partial charge in [-0.3, -0.25) is 5.32 Å². The van der Waals surface area contributed by atoms with Crippen molar-refractivity contribution in [3.8, 4) is 17.4 Å². The number of ether oxygens (including phenoxy) is 2. The Balaban J connectivity index is 1.14. The van der Waals surface area contributed by atoms with Gasteiger partial charge in [-0.15, -0.1) is 5.48 Å². The van der Waals surface area contributed by atoms with Crippen LogP contribution in [0.25, 0.3) is 5.57 Å². The van der Waals surface area contributed by atoms with Crippen molar-refractivity contribution >= 4 is 23.3 Å². The number of pyridine rings is 1. The van der Waals surface area contributed by atoms with Gasteiger partial charge in [-0.05, 0) is 66.8 Å². The van der Waals surface area contributed by atoms with Crippen LogP contribution in [-0.4, -0.2) is 53.5 Å². The molecule has 1 unspecified atom stereocenters. The summed E-state index contributed by atoms with van der Waals surface area (Å²) >= 11 is 6.03. The summed E-state index contributed by atoms with van der Waals surface area (Å²) in [6.45, 7) is 2.72. The van der Waals surface area contributed by atoms with E-state index in [1.54, 1.807) is 6.20 Å². The van der Waals surface area contributed by atoms with Crippen LogP contribution in [0.4, 0.5) is 4.79 Å². The fraction of sp³-hybridized carbons (Fsp3) is 0.333. The number of allylic oxidation sites excluding steroid dienone is 1. The first kappa shape index (κ1) is 26.6. The number of nitrogens with one attached hydrogen (secondary N) is 2. The van der Waals surface area contributed by atoms with Gasteiger partial charge in [0, 0.05) is 48.4 Å². The molecule has 6 rings (SSSR count). The van der Waals surface area contributed by atoms with E-state index in [1.807, 2.05) is 54.6 Å². The Morgan fingerprint density at radius 3 is 2.75 bits per heavy atom. The highest BCUT2D eigenvalue weighted by molar-refractivity contribution is 6.30. The summed E-state index contributed by atoms with van der Waals surface area (Å²) in [6, 6.07) is 17.2. The molecule has 0 saturated carbocycles. The molecule has 4 heterocycles. The smallest absolute Gasteiger partial charge is 0.427 e. The van der Waals surface area contributed by atoms with Crippen LogP contribution >= 0.6 is 11.6 Å². The average molecular weight is 563 g/mol. The van der Waals surface area contributed by atoms with Crippen LogP contribution in [0.1, 0.15) is 36.0 Å². The molecule has 2 fully saturated rings. The van der Waals surface area contributed by atoms with Crippen molar-refractivity contribution in [2.24, 2.45) is 0 Å². The van der Waals surface area contributed by atoms with Crippen molar-refractivity contribution in [3.05, 3.63) is 88.6 Å². The summed E-state index contributed by atoms with van der Waals surface area (Å²) in [5.74, 6) is 1.93. The lowest BCUT2D eigenvalue weighted by Gasteiger charge is -2.38. The Labute approximate surface area is 237 Å². The number of benzene rings is 2. The van der Waals surface area contributed by atoms with Gasteiger partial charge in [0.2, 0.25) is 5.88 Å². The fourth-order valence-electron chi connectivity index (χ4n) is 5.43. The average Bonchev–Trinajstić information content (AvgIpc) is 3.31. The van der Waals surface area contributed by atoms with E-state index >= 15 is 0 Å². The van der Waals surface area contributed by atoms with Crippen LogP contribution in [0.5, 0.6) is 17.4 Å². The van der Waals surface area contributed by atoms with E-state index in [9.17, 15) is 9.90 Å². The zero-order valence-electron chi connectivity index (χ0n) is 21.9. The van der Waals surface area contributed by atoms with Crippen molar-refractivity contribution in [3.63, 3.8) is 0 Å². The second-order valence-electron chi connectivity index (χ2n) is 10.3. The molecule has 3 N–H and O–H groups in total. The van der Waals surface area contributed by atoms with Gasteiger partial charge >= 0.3 is 6.09 Å². The van der Waals surface area contributed by atoms with E-state index in [2.05, 4.69) is 26.8 Å². The van der Waals surface area contributed by atoms with Gasteiger partial charge in [0.1, 0.15) is 18.1 Å². The highest BCUT2D eigenvalue weighted by Crippen LogP contribution is 2.41. The Morgan fingerprint density at radius 2 is 1.98 bits per heavy atom. The summed E-state index contributed by atoms with van der Waals surface area (Å²) in [7, 11) is 0. The molecule has 3 aliphatic rings. The highest BCUT2D eigenvalue weighted by atomic mass is 35.5. The van der Waals surface area contributed by atoms with Crippen LogP contribution in [0.3, 0.4) is 0 Å². The predicted octanol–water partition coefficient (Wildman–Crippen LogP) is 4.79. The van der Waals surface area contributed by atoms with Crippen molar-refractivity contribution in [1.29, 1.82) is 0 Å². The monoisotopic (exact) mass is 562 g/mol. The minimum absolute atomic E-state index is 0.198. The number of piperidine rings is 1. The largest absolute Gasteiger partial charge is 0.489 e. The van der Waals surface area contributed by atoms with Crippen LogP contribution in [0.15, 0.2) is 66.9 Å². The summed E-state index contributed by atoms with van der Waals surface area (Å²) < 4.78 is 12.3. The molecule has 10 heteroatoms. The van der Waals surface area contributed by atoms with Gasteiger partial charge < -0.3 is 24.3 Å². The van der Waals surface area contributed by atoms with Crippen LogP contribution in [0, 0.1) is 0 Å². The quantitative estimate of drug-likeness (QED) is 0.377. The number of hydrogen-bond acceptors (Lipinski definition) is 8. The lowest BCUT2D eigenvalue weighted by Crippen LogP contribution is -2.42. The summed E-state index contributed by atoms with van der Waals surface area (Å²) in [4.78, 5) is 23.0. The fourth-order valence-corrected chi connectivity index (χ4v) is 5.56. The van der Waals surface area contributed by atoms with E-state index in [-0.39, 0.29) is 6.61 Å². The third-order valence-corrected chi connectivity index (χ3v) is 7.93. The minimum atomic E-state index is -0.814. The lowest BCUT2D eigenvalue weighted by atomic mass is 9.84. The second kappa shape index (κ2) is 11.5. The maximum absolute atomic E-state index is 11.3. The number of amides is 1. The molecule has 2 aromatic carbocycles. The van der Waals surface area contributed by atoms with E-state index in [0.29, 0.717) is 41.7 Å². The maximum Gasteiger partial charge on any atom is 0.427 e. The SMILES string of the molecule is O=C1NC(COc2cccc3c2CC(=CCCN2CCC(O)(c4ccc(Cl)cc4)CC2)c2cccnc2O3)NO1. The highest BCUT2D eigenvalue weighted by Gasteiger charge is 2.33. The normalized spacial score (nSPS) is 21.0. The molecular weight excluding hydrogens is 532 g/mol. The van der Waals surface area contributed by atoms with Crippen LogP contribution in [-0.2, 0) is 16.9 Å². The lowest BCUT2D eigenvalue weighted by molar-refractivity contribution is -0.0254. The molecule has 9 nitrogen and oxygen atoms in total. The second-order valence-corrected chi connectivity index (χ2v) is 10.7. The number of hydrogen-bond donors (Lipinski definition) is 3. The Hall–Kier alpha value is -3.63. The molecule has 0 radical (unpaired) electrons. The van der Waals surface area contributed by atoms with Crippen LogP contribution < -0.4 is 20.3 Å². The molecule has 0 aliphatic carbocycles. The number of carbonyl (C=O) groups excluding carboxylic acids is 1. The van der Waals surface area contributed by atoms with Gasteiger partial charge in [0.05, 0.1) is 5.60 Å².